The van der Waals surface area contributed by atoms with Crippen molar-refractivity contribution in [2.75, 3.05) is 12.4 Å². The Labute approximate surface area is 179 Å². The lowest BCUT2D eigenvalue weighted by atomic mass is 10.1. The van der Waals surface area contributed by atoms with Crippen molar-refractivity contribution < 1.29 is 14.3 Å². The van der Waals surface area contributed by atoms with Gasteiger partial charge in [-0.3, -0.25) is 20.4 Å². The number of thioether (sulfide) groups is 1. The third-order valence-electron chi connectivity index (χ3n) is 3.97. The molecule has 0 saturated heterocycles. The molecule has 7 nitrogen and oxygen atoms in total. The summed E-state index contributed by atoms with van der Waals surface area (Å²) in [6.07, 6.45) is 0. The fourth-order valence-corrected chi connectivity index (χ4v) is 3.44. The zero-order valence-corrected chi connectivity index (χ0v) is 17.5. The molecule has 0 spiro atoms. The van der Waals surface area contributed by atoms with Crippen LogP contribution >= 0.6 is 11.8 Å². The molecule has 3 rings (SSSR count). The Morgan fingerprint density at radius 1 is 0.900 bits per heavy atom. The van der Waals surface area contributed by atoms with Crippen LogP contribution in [-0.4, -0.2) is 34.1 Å². The zero-order chi connectivity index (χ0) is 21.3. The second-order valence-corrected chi connectivity index (χ2v) is 7.41. The van der Waals surface area contributed by atoms with Gasteiger partial charge in [0, 0.05) is 17.0 Å². The fourth-order valence-electron chi connectivity index (χ4n) is 2.69. The van der Waals surface area contributed by atoms with E-state index in [1.54, 1.807) is 6.07 Å². The van der Waals surface area contributed by atoms with Gasteiger partial charge >= 0.3 is 0 Å². The van der Waals surface area contributed by atoms with Gasteiger partial charge in [-0.1, -0.05) is 60.3 Å². The van der Waals surface area contributed by atoms with Crippen LogP contribution in [0.1, 0.15) is 11.4 Å². The Morgan fingerprint density at radius 3 is 2.27 bits per heavy atom. The Balaban J connectivity index is 1.46. The van der Waals surface area contributed by atoms with Crippen molar-refractivity contribution in [1.82, 2.24) is 20.8 Å². The third kappa shape index (κ3) is 6.31. The highest BCUT2D eigenvalue weighted by Crippen LogP contribution is 2.29. The topological polar surface area (TPSA) is 93.2 Å². The van der Waals surface area contributed by atoms with E-state index in [1.165, 1.54) is 11.8 Å². The maximum atomic E-state index is 12.0. The number of amides is 2. The van der Waals surface area contributed by atoms with E-state index in [4.69, 9.17) is 4.74 Å². The highest BCUT2D eigenvalue weighted by atomic mass is 32.2. The van der Waals surface area contributed by atoms with Crippen LogP contribution in [0.25, 0.3) is 11.1 Å². The summed E-state index contributed by atoms with van der Waals surface area (Å²) in [4.78, 5) is 32.5. The van der Waals surface area contributed by atoms with Crippen LogP contribution in [0.4, 0.5) is 0 Å². The predicted molar refractivity (Wildman–Crippen MR) is 116 cm³/mol. The number of para-hydroxylation sites is 1. The molecule has 2 amide bonds. The van der Waals surface area contributed by atoms with Crippen molar-refractivity contribution in [2.45, 2.75) is 19.0 Å². The van der Waals surface area contributed by atoms with E-state index in [1.807, 2.05) is 68.4 Å². The molecule has 1 heterocycles. The van der Waals surface area contributed by atoms with E-state index >= 15 is 0 Å². The van der Waals surface area contributed by atoms with Gasteiger partial charge in [-0.25, -0.2) is 9.97 Å². The van der Waals surface area contributed by atoms with Crippen molar-refractivity contribution in [3.8, 4) is 16.9 Å². The van der Waals surface area contributed by atoms with Crippen molar-refractivity contribution >= 4 is 23.6 Å². The highest BCUT2D eigenvalue weighted by Gasteiger charge is 2.10. The van der Waals surface area contributed by atoms with Gasteiger partial charge in [0.1, 0.15) is 5.75 Å². The van der Waals surface area contributed by atoms with Crippen LogP contribution in [0.3, 0.4) is 0 Å². The van der Waals surface area contributed by atoms with Crippen LogP contribution < -0.4 is 15.6 Å². The SMILES string of the molecule is Cc1cc(C)nc(SCC(=O)NNC(=O)COc2ccccc2-c2ccccc2)n1. The maximum Gasteiger partial charge on any atom is 0.276 e. The first-order valence-corrected chi connectivity index (χ1v) is 10.3. The molecule has 30 heavy (non-hydrogen) atoms. The smallest absolute Gasteiger partial charge is 0.276 e. The molecule has 2 N–H and O–H groups in total. The molecule has 2 aromatic carbocycles. The number of nitrogens with one attached hydrogen (secondary N) is 2. The van der Waals surface area contributed by atoms with Crippen LogP contribution in [0.15, 0.2) is 65.8 Å². The first-order chi connectivity index (χ1) is 14.5. The number of rotatable bonds is 7. The van der Waals surface area contributed by atoms with Crippen molar-refractivity contribution in [3.05, 3.63) is 72.1 Å². The van der Waals surface area contributed by atoms with Crippen LogP contribution in [0.2, 0.25) is 0 Å². The van der Waals surface area contributed by atoms with Gasteiger partial charge < -0.3 is 4.74 Å². The van der Waals surface area contributed by atoms with Crippen molar-refractivity contribution in [2.24, 2.45) is 0 Å². The molecular weight excluding hydrogens is 400 g/mol. The number of hydrogen-bond acceptors (Lipinski definition) is 6. The van der Waals surface area contributed by atoms with Crippen LogP contribution in [0.5, 0.6) is 5.75 Å². The molecule has 0 aliphatic rings. The summed E-state index contributed by atoms with van der Waals surface area (Å²) in [5.41, 5.74) is 8.28. The fraction of sp³-hybridized carbons (Fsp3) is 0.182. The van der Waals surface area contributed by atoms with Gasteiger partial charge in [0.2, 0.25) is 5.91 Å². The minimum atomic E-state index is -0.459. The number of hydrogen-bond donors (Lipinski definition) is 2. The number of carbonyl (C=O) groups is 2. The van der Waals surface area contributed by atoms with E-state index in [0.29, 0.717) is 10.9 Å². The van der Waals surface area contributed by atoms with Crippen LogP contribution in [-0.2, 0) is 9.59 Å². The van der Waals surface area contributed by atoms with E-state index in [9.17, 15) is 9.59 Å². The van der Waals surface area contributed by atoms with E-state index < -0.39 is 5.91 Å². The normalized spacial score (nSPS) is 10.3. The number of hydrazine groups is 1. The summed E-state index contributed by atoms with van der Waals surface area (Å²) < 4.78 is 5.65. The first-order valence-electron chi connectivity index (χ1n) is 9.31. The number of aromatic nitrogens is 2. The van der Waals surface area contributed by atoms with E-state index in [2.05, 4.69) is 20.8 Å². The minimum absolute atomic E-state index is 0.0842. The second kappa shape index (κ2) is 10.4. The molecule has 0 saturated carbocycles. The summed E-state index contributed by atoms with van der Waals surface area (Å²) in [6.45, 7) is 3.52. The number of carbonyl (C=O) groups excluding carboxylic acids is 2. The van der Waals surface area contributed by atoms with E-state index in [0.717, 1.165) is 22.5 Å². The quantitative estimate of drug-likeness (QED) is 0.345. The van der Waals surface area contributed by atoms with Gasteiger partial charge in [0.05, 0.1) is 5.75 Å². The molecule has 0 fully saturated rings. The Morgan fingerprint density at radius 2 is 1.53 bits per heavy atom. The molecule has 0 aliphatic carbocycles. The number of benzene rings is 2. The summed E-state index contributed by atoms with van der Waals surface area (Å²) in [6, 6.07) is 19.1. The van der Waals surface area contributed by atoms with Gasteiger partial charge in [0.15, 0.2) is 11.8 Å². The maximum absolute atomic E-state index is 12.0. The standard InChI is InChI=1S/C22H22N4O3S/c1-15-12-16(2)24-22(23-15)30-14-21(28)26-25-20(27)13-29-19-11-7-6-10-18(19)17-8-4-3-5-9-17/h3-12H,13-14H2,1-2H3,(H,25,27)(H,26,28). The van der Waals surface area contributed by atoms with E-state index in [-0.39, 0.29) is 18.3 Å². The summed E-state index contributed by atoms with van der Waals surface area (Å²) in [7, 11) is 0. The van der Waals surface area contributed by atoms with Gasteiger partial charge in [-0.05, 0) is 31.5 Å². The number of ether oxygens (including phenoxy) is 1. The largest absolute Gasteiger partial charge is 0.483 e. The predicted octanol–water partition coefficient (Wildman–Crippen LogP) is 3.08. The van der Waals surface area contributed by atoms with Gasteiger partial charge in [-0.2, -0.15) is 0 Å². The third-order valence-corrected chi connectivity index (χ3v) is 4.81. The summed E-state index contributed by atoms with van der Waals surface area (Å²) >= 11 is 1.20. The molecule has 0 aliphatic heterocycles. The molecule has 8 heteroatoms. The monoisotopic (exact) mass is 422 g/mol. The molecular formula is C22H22N4O3S. The average molecular weight is 423 g/mol. The molecule has 3 aromatic rings. The Hall–Kier alpha value is -3.39. The average Bonchev–Trinajstić information content (AvgIpc) is 2.75. The molecule has 1 aromatic heterocycles. The van der Waals surface area contributed by atoms with Crippen LogP contribution in [0, 0.1) is 13.8 Å². The summed E-state index contributed by atoms with van der Waals surface area (Å²) in [5.74, 6) is -0.145. The zero-order valence-electron chi connectivity index (χ0n) is 16.7. The number of nitrogens with zero attached hydrogens (tertiary/aromatic N) is 2. The summed E-state index contributed by atoms with van der Waals surface area (Å²) in [5, 5.41) is 0.523. The van der Waals surface area contributed by atoms with Crippen molar-refractivity contribution in [3.63, 3.8) is 0 Å². The lowest BCUT2D eigenvalue weighted by molar-refractivity contribution is -0.128. The molecule has 154 valence electrons. The lowest BCUT2D eigenvalue weighted by Crippen LogP contribution is -2.44. The molecule has 0 atom stereocenters. The Kier molecular flexibility index (Phi) is 7.40. The Bertz CT molecular complexity index is 1010. The number of aryl methyl sites for hydroxylation is 2. The molecule has 0 radical (unpaired) electrons. The first kappa shape index (κ1) is 21.3. The lowest BCUT2D eigenvalue weighted by Gasteiger charge is -2.12. The van der Waals surface area contributed by atoms with Gasteiger partial charge in [-0.15, -0.1) is 0 Å². The molecule has 0 bridgehead atoms. The highest BCUT2D eigenvalue weighted by molar-refractivity contribution is 7.99. The van der Waals surface area contributed by atoms with Crippen molar-refractivity contribution in [1.29, 1.82) is 0 Å². The molecule has 0 unspecified atom stereocenters. The minimum Gasteiger partial charge on any atom is -0.483 e. The van der Waals surface area contributed by atoms with Gasteiger partial charge in [0.25, 0.3) is 5.91 Å². The second-order valence-electron chi connectivity index (χ2n) is 6.47.